The Morgan fingerprint density at radius 1 is 1.67 bits per heavy atom. The molecule has 0 spiro atoms. The molecule has 0 aromatic heterocycles. The average Bonchev–Trinajstić information content (AvgIpc) is 2.42. The van der Waals surface area contributed by atoms with Crippen molar-refractivity contribution in [2.45, 2.75) is 25.4 Å². The van der Waals surface area contributed by atoms with Crippen molar-refractivity contribution in [3.05, 3.63) is 12.2 Å². The predicted molar refractivity (Wildman–Crippen MR) is 61.5 cm³/mol. The number of amides is 1. The van der Waals surface area contributed by atoms with Gasteiger partial charge in [0.25, 0.3) is 0 Å². The molecule has 1 fully saturated rings. The van der Waals surface area contributed by atoms with Crippen LogP contribution in [0.1, 0.15) is 13.3 Å². The normalized spacial score (nSPS) is 26.7. The van der Waals surface area contributed by atoms with E-state index in [2.05, 4.69) is 6.58 Å². The van der Waals surface area contributed by atoms with Gasteiger partial charge < -0.3 is 10.6 Å². The maximum absolute atomic E-state index is 12.0. The Kier molecular flexibility index (Phi) is 3.88. The SMILES string of the molecule is C=C(C)CN(C)C(=O)[C@@H]1C[C@H](N)CN1C. The minimum atomic E-state index is -0.0515. The van der Waals surface area contributed by atoms with Crippen LogP contribution in [0.3, 0.4) is 0 Å². The van der Waals surface area contributed by atoms with E-state index < -0.39 is 0 Å². The third kappa shape index (κ3) is 3.04. The molecule has 4 heteroatoms. The minimum Gasteiger partial charge on any atom is -0.340 e. The lowest BCUT2D eigenvalue weighted by Crippen LogP contribution is -2.42. The third-order valence-corrected chi connectivity index (χ3v) is 2.75. The van der Waals surface area contributed by atoms with E-state index in [1.807, 2.05) is 25.9 Å². The van der Waals surface area contributed by atoms with Crippen molar-refractivity contribution in [2.24, 2.45) is 5.73 Å². The van der Waals surface area contributed by atoms with Gasteiger partial charge in [0.15, 0.2) is 0 Å². The zero-order chi connectivity index (χ0) is 11.6. The molecule has 0 saturated carbocycles. The summed E-state index contributed by atoms with van der Waals surface area (Å²) in [5, 5.41) is 0. The van der Waals surface area contributed by atoms with Gasteiger partial charge in [0, 0.05) is 26.2 Å². The van der Waals surface area contributed by atoms with Crippen molar-refractivity contribution in [1.82, 2.24) is 9.80 Å². The van der Waals surface area contributed by atoms with Crippen molar-refractivity contribution in [3.8, 4) is 0 Å². The molecule has 1 heterocycles. The Balaban J connectivity index is 2.56. The number of carbonyl (C=O) groups excluding carboxylic acids is 1. The van der Waals surface area contributed by atoms with Gasteiger partial charge in [-0.25, -0.2) is 0 Å². The minimum absolute atomic E-state index is 0.0515. The molecule has 0 bridgehead atoms. The van der Waals surface area contributed by atoms with Crippen LogP contribution in [0.25, 0.3) is 0 Å². The number of rotatable bonds is 3. The van der Waals surface area contributed by atoms with Gasteiger partial charge in [0.05, 0.1) is 6.04 Å². The van der Waals surface area contributed by atoms with Crippen molar-refractivity contribution >= 4 is 5.91 Å². The molecule has 0 aliphatic carbocycles. The van der Waals surface area contributed by atoms with Crippen LogP contribution in [0.4, 0.5) is 0 Å². The van der Waals surface area contributed by atoms with Crippen LogP contribution in [0, 0.1) is 0 Å². The highest BCUT2D eigenvalue weighted by molar-refractivity contribution is 5.82. The van der Waals surface area contributed by atoms with E-state index in [-0.39, 0.29) is 18.0 Å². The monoisotopic (exact) mass is 211 g/mol. The van der Waals surface area contributed by atoms with Crippen LogP contribution in [-0.4, -0.2) is 55.0 Å². The van der Waals surface area contributed by atoms with Gasteiger partial charge in [-0.3, -0.25) is 9.69 Å². The standard InChI is InChI=1S/C11H21N3O/c1-8(2)6-14(4)11(15)10-5-9(12)7-13(10)3/h9-10H,1,5-7,12H2,2-4H3/t9-,10-/m0/s1. The van der Waals surface area contributed by atoms with E-state index in [4.69, 9.17) is 5.73 Å². The van der Waals surface area contributed by atoms with Crippen molar-refractivity contribution < 1.29 is 4.79 Å². The topological polar surface area (TPSA) is 49.6 Å². The van der Waals surface area contributed by atoms with Gasteiger partial charge in [-0.2, -0.15) is 0 Å². The number of carbonyl (C=O) groups is 1. The number of nitrogens with two attached hydrogens (primary N) is 1. The second-order valence-corrected chi connectivity index (χ2v) is 4.60. The summed E-state index contributed by atoms with van der Waals surface area (Å²) in [4.78, 5) is 15.8. The molecule has 4 nitrogen and oxygen atoms in total. The molecule has 1 amide bonds. The summed E-state index contributed by atoms with van der Waals surface area (Å²) in [6.07, 6.45) is 0.760. The van der Waals surface area contributed by atoms with Crippen molar-refractivity contribution in [2.75, 3.05) is 27.2 Å². The molecule has 15 heavy (non-hydrogen) atoms. The summed E-state index contributed by atoms with van der Waals surface area (Å²) < 4.78 is 0. The number of nitrogens with zero attached hydrogens (tertiary/aromatic N) is 2. The first-order valence-corrected chi connectivity index (χ1v) is 5.27. The number of likely N-dealkylation sites (tertiary alicyclic amines) is 1. The largest absolute Gasteiger partial charge is 0.340 e. The van der Waals surface area contributed by atoms with Gasteiger partial charge in [-0.05, 0) is 20.4 Å². The molecule has 0 radical (unpaired) electrons. The lowest BCUT2D eigenvalue weighted by molar-refractivity contribution is -0.133. The van der Waals surface area contributed by atoms with Gasteiger partial charge >= 0.3 is 0 Å². The smallest absolute Gasteiger partial charge is 0.240 e. The molecule has 1 aliphatic heterocycles. The predicted octanol–water partition coefficient (Wildman–Crippen LogP) is 0.0523. The summed E-state index contributed by atoms with van der Waals surface area (Å²) in [6, 6.07) is 0.0755. The summed E-state index contributed by atoms with van der Waals surface area (Å²) in [7, 11) is 3.76. The molecule has 1 rings (SSSR count). The fourth-order valence-corrected chi connectivity index (χ4v) is 2.06. The maximum Gasteiger partial charge on any atom is 0.240 e. The maximum atomic E-state index is 12.0. The van der Waals surface area contributed by atoms with Gasteiger partial charge in [0.1, 0.15) is 0 Å². The molecular formula is C11H21N3O. The number of hydrogen-bond acceptors (Lipinski definition) is 3. The quantitative estimate of drug-likeness (QED) is 0.671. The molecule has 0 unspecified atom stereocenters. The average molecular weight is 211 g/mol. The summed E-state index contributed by atoms with van der Waals surface area (Å²) in [5.41, 5.74) is 6.82. The molecule has 1 aliphatic rings. The Morgan fingerprint density at radius 2 is 2.27 bits per heavy atom. The molecule has 0 aromatic carbocycles. The summed E-state index contributed by atoms with van der Waals surface area (Å²) in [5.74, 6) is 0.147. The highest BCUT2D eigenvalue weighted by Gasteiger charge is 2.33. The molecule has 86 valence electrons. The first kappa shape index (κ1) is 12.2. The van der Waals surface area contributed by atoms with Crippen LogP contribution < -0.4 is 5.73 Å². The molecule has 1 saturated heterocycles. The Morgan fingerprint density at radius 3 is 2.67 bits per heavy atom. The Hall–Kier alpha value is -0.870. The molecule has 2 atom stereocenters. The van der Waals surface area contributed by atoms with E-state index in [1.54, 1.807) is 4.90 Å². The van der Waals surface area contributed by atoms with Gasteiger partial charge in [0.2, 0.25) is 5.91 Å². The summed E-state index contributed by atoms with van der Waals surface area (Å²) >= 11 is 0. The van der Waals surface area contributed by atoms with Gasteiger partial charge in [-0.15, -0.1) is 0 Å². The fourth-order valence-electron chi connectivity index (χ4n) is 2.06. The fraction of sp³-hybridized carbons (Fsp3) is 0.727. The number of hydrogen-bond donors (Lipinski definition) is 1. The Labute approximate surface area is 91.7 Å². The molecular weight excluding hydrogens is 190 g/mol. The molecule has 0 aromatic rings. The second-order valence-electron chi connectivity index (χ2n) is 4.60. The van der Waals surface area contributed by atoms with Crippen LogP contribution in [0.15, 0.2) is 12.2 Å². The van der Waals surface area contributed by atoms with E-state index in [9.17, 15) is 4.79 Å². The number of likely N-dealkylation sites (N-methyl/N-ethyl adjacent to an activating group) is 2. The van der Waals surface area contributed by atoms with E-state index >= 15 is 0 Å². The third-order valence-electron chi connectivity index (χ3n) is 2.75. The zero-order valence-electron chi connectivity index (χ0n) is 9.86. The van der Waals surface area contributed by atoms with Crippen molar-refractivity contribution in [3.63, 3.8) is 0 Å². The van der Waals surface area contributed by atoms with Crippen LogP contribution in [0.2, 0.25) is 0 Å². The zero-order valence-corrected chi connectivity index (χ0v) is 9.86. The van der Waals surface area contributed by atoms with E-state index in [0.29, 0.717) is 6.54 Å². The van der Waals surface area contributed by atoms with E-state index in [1.165, 1.54) is 0 Å². The summed E-state index contributed by atoms with van der Waals surface area (Å²) in [6.45, 7) is 7.16. The van der Waals surface area contributed by atoms with Crippen LogP contribution in [0.5, 0.6) is 0 Å². The Bertz CT molecular complexity index is 265. The lowest BCUT2D eigenvalue weighted by atomic mass is 10.1. The highest BCUT2D eigenvalue weighted by atomic mass is 16.2. The first-order valence-electron chi connectivity index (χ1n) is 5.27. The van der Waals surface area contributed by atoms with Crippen LogP contribution in [-0.2, 0) is 4.79 Å². The molecule has 2 N–H and O–H groups in total. The highest BCUT2D eigenvalue weighted by Crippen LogP contribution is 2.16. The lowest BCUT2D eigenvalue weighted by Gasteiger charge is -2.25. The van der Waals surface area contributed by atoms with Gasteiger partial charge in [-0.1, -0.05) is 12.2 Å². The second kappa shape index (κ2) is 4.77. The van der Waals surface area contributed by atoms with Crippen LogP contribution >= 0.6 is 0 Å². The van der Waals surface area contributed by atoms with Crippen molar-refractivity contribution in [1.29, 1.82) is 0 Å². The first-order chi connectivity index (χ1) is 6.91. The van der Waals surface area contributed by atoms with E-state index in [0.717, 1.165) is 18.5 Å².